The molecular weight excluding hydrogens is 296 g/mol. The average Bonchev–Trinajstić information content (AvgIpc) is 2.80. The second-order valence-corrected chi connectivity index (χ2v) is 8.84. The van der Waals surface area contributed by atoms with Crippen molar-refractivity contribution in [1.82, 2.24) is 0 Å². The van der Waals surface area contributed by atoms with Crippen LogP contribution >= 0.6 is 0 Å². The minimum absolute atomic E-state index is 0.0450. The number of hydrogen-bond acceptors (Lipinski definition) is 2. The monoisotopic (exact) mass is 324 g/mol. The summed E-state index contributed by atoms with van der Waals surface area (Å²) in [4.78, 5) is 0. The third-order valence-electron chi connectivity index (χ3n) is 4.81. The predicted molar refractivity (Wildman–Crippen MR) is 98.8 cm³/mol. The van der Waals surface area contributed by atoms with Crippen molar-refractivity contribution in [3.05, 3.63) is 64.7 Å². The van der Waals surface area contributed by atoms with Gasteiger partial charge in [-0.3, -0.25) is 0 Å². The van der Waals surface area contributed by atoms with E-state index in [1.807, 2.05) is 18.2 Å². The molecule has 1 aliphatic heterocycles. The van der Waals surface area contributed by atoms with Gasteiger partial charge in [-0.2, -0.15) is 0 Å². The fourth-order valence-electron chi connectivity index (χ4n) is 3.35. The van der Waals surface area contributed by atoms with Crippen LogP contribution in [0.1, 0.15) is 69.7 Å². The first-order valence-corrected chi connectivity index (χ1v) is 8.67. The molecule has 2 unspecified atom stereocenters. The summed E-state index contributed by atoms with van der Waals surface area (Å²) >= 11 is 0. The van der Waals surface area contributed by atoms with Gasteiger partial charge in [0.15, 0.2) is 0 Å². The third kappa shape index (κ3) is 2.95. The number of aliphatic hydroxyl groups excluding tert-OH is 1. The molecule has 2 nitrogen and oxygen atoms in total. The molecule has 0 aliphatic carbocycles. The first-order chi connectivity index (χ1) is 11.1. The first-order valence-electron chi connectivity index (χ1n) is 8.67. The summed E-state index contributed by atoms with van der Waals surface area (Å²) in [5, 5.41) is 10.6. The largest absolute Gasteiger partial charge is 0.463 e. The summed E-state index contributed by atoms with van der Waals surface area (Å²) < 4.78 is 5.95. The highest BCUT2D eigenvalue weighted by atomic mass is 16.6. The molecule has 128 valence electrons. The van der Waals surface area contributed by atoms with E-state index >= 15 is 0 Å². The molecule has 1 aliphatic rings. The summed E-state index contributed by atoms with van der Waals surface area (Å²) in [6, 6.07) is 14.6. The Balaban J connectivity index is 2.24. The van der Waals surface area contributed by atoms with Gasteiger partial charge >= 0.3 is 0 Å². The van der Waals surface area contributed by atoms with E-state index in [9.17, 15) is 5.11 Å². The number of benzene rings is 2. The molecule has 1 N–H and O–H groups in total. The van der Waals surface area contributed by atoms with Gasteiger partial charge in [-0.15, -0.1) is 0 Å². The highest BCUT2D eigenvalue weighted by molar-refractivity contribution is 5.56. The van der Waals surface area contributed by atoms with Crippen molar-refractivity contribution in [3.63, 3.8) is 0 Å². The molecule has 0 saturated heterocycles. The lowest BCUT2D eigenvalue weighted by atomic mass is 9.77. The SMILES string of the molecule is CC(C)(C)c1cc2c(c(C(C)(C)C)c1)OC(O)C2c1ccccc1. The molecule has 2 aromatic carbocycles. The van der Waals surface area contributed by atoms with Gasteiger partial charge in [-0.1, -0.05) is 84.0 Å². The minimum Gasteiger partial charge on any atom is -0.463 e. The third-order valence-corrected chi connectivity index (χ3v) is 4.81. The molecule has 1 heterocycles. The van der Waals surface area contributed by atoms with Crippen LogP contribution in [0, 0.1) is 0 Å². The van der Waals surface area contributed by atoms with Crippen molar-refractivity contribution in [2.24, 2.45) is 0 Å². The normalized spacial score (nSPS) is 20.6. The summed E-state index contributed by atoms with van der Waals surface area (Å²) in [7, 11) is 0. The predicted octanol–water partition coefficient (Wildman–Crippen LogP) is 5.12. The van der Waals surface area contributed by atoms with Gasteiger partial charge in [0.05, 0.1) is 5.92 Å². The van der Waals surface area contributed by atoms with E-state index in [2.05, 4.69) is 65.8 Å². The number of rotatable bonds is 1. The van der Waals surface area contributed by atoms with Gasteiger partial charge in [-0.05, 0) is 22.0 Å². The van der Waals surface area contributed by atoms with E-state index in [0.717, 1.165) is 16.9 Å². The summed E-state index contributed by atoms with van der Waals surface area (Å²) in [5.74, 6) is 0.724. The number of aliphatic hydroxyl groups is 1. The Morgan fingerprint density at radius 2 is 1.50 bits per heavy atom. The lowest BCUT2D eigenvalue weighted by Crippen LogP contribution is -2.19. The van der Waals surface area contributed by atoms with Gasteiger partial charge in [0.2, 0.25) is 6.29 Å². The maximum absolute atomic E-state index is 10.6. The molecule has 2 atom stereocenters. The molecule has 0 spiro atoms. The van der Waals surface area contributed by atoms with Crippen LogP contribution in [0.4, 0.5) is 0 Å². The zero-order valence-electron chi connectivity index (χ0n) is 15.6. The second-order valence-electron chi connectivity index (χ2n) is 8.84. The Morgan fingerprint density at radius 3 is 2.04 bits per heavy atom. The van der Waals surface area contributed by atoms with E-state index in [1.54, 1.807) is 0 Å². The van der Waals surface area contributed by atoms with Crippen LogP contribution in [-0.4, -0.2) is 11.4 Å². The van der Waals surface area contributed by atoms with Crippen LogP contribution in [0.3, 0.4) is 0 Å². The average molecular weight is 324 g/mol. The van der Waals surface area contributed by atoms with Crippen LogP contribution in [0.2, 0.25) is 0 Å². The topological polar surface area (TPSA) is 29.5 Å². The summed E-state index contributed by atoms with van der Waals surface area (Å²) in [5.41, 5.74) is 4.65. The molecule has 0 bridgehead atoms. The fraction of sp³-hybridized carbons (Fsp3) is 0.455. The first kappa shape index (κ1) is 17.0. The Bertz CT molecular complexity index is 733. The highest BCUT2D eigenvalue weighted by Crippen LogP contribution is 2.48. The number of ether oxygens (including phenoxy) is 1. The van der Waals surface area contributed by atoms with Crippen LogP contribution in [-0.2, 0) is 10.8 Å². The van der Waals surface area contributed by atoms with Crippen molar-refractivity contribution in [2.75, 3.05) is 0 Å². The van der Waals surface area contributed by atoms with E-state index in [-0.39, 0.29) is 16.7 Å². The zero-order valence-corrected chi connectivity index (χ0v) is 15.6. The standard InChI is InChI=1S/C22H28O2/c1-21(2,3)15-12-16-18(14-10-8-7-9-11-14)20(23)24-19(16)17(13-15)22(4,5)6/h7-13,18,20,23H,1-6H3. The molecule has 0 saturated carbocycles. The minimum atomic E-state index is -0.835. The zero-order chi connectivity index (χ0) is 17.7. The van der Waals surface area contributed by atoms with Crippen molar-refractivity contribution >= 4 is 0 Å². The van der Waals surface area contributed by atoms with Gasteiger partial charge in [0, 0.05) is 11.1 Å². The van der Waals surface area contributed by atoms with E-state index in [1.165, 1.54) is 11.1 Å². The quantitative estimate of drug-likeness (QED) is 0.788. The van der Waals surface area contributed by atoms with Crippen LogP contribution in [0.15, 0.2) is 42.5 Å². The number of fused-ring (bicyclic) bond motifs is 1. The van der Waals surface area contributed by atoms with Crippen molar-refractivity contribution in [3.8, 4) is 5.75 Å². The fourth-order valence-corrected chi connectivity index (χ4v) is 3.35. The Labute approximate surface area is 145 Å². The molecule has 0 radical (unpaired) electrons. The smallest absolute Gasteiger partial charge is 0.208 e. The van der Waals surface area contributed by atoms with Crippen LogP contribution in [0.25, 0.3) is 0 Å². The second kappa shape index (κ2) is 5.63. The lowest BCUT2D eigenvalue weighted by molar-refractivity contribution is -0.0105. The Kier molecular flexibility index (Phi) is 4.00. The van der Waals surface area contributed by atoms with Gasteiger partial charge in [0.25, 0.3) is 0 Å². The number of hydrogen-bond donors (Lipinski definition) is 1. The van der Waals surface area contributed by atoms with Gasteiger partial charge < -0.3 is 9.84 Å². The molecule has 2 heteroatoms. The Morgan fingerprint density at radius 1 is 0.875 bits per heavy atom. The van der Waals surface area contributed by atoms with Crippen LogP contribution < -0.4 is 4.74 Å². The molecule has 2 aromatic rings. The van der Waals surface area contributed by atoms with E-state index < -0.39 is 6.29 Å². The molecule has 0 amide bonds. The molecule has 0 aromatic heterocycles. The van der Waals surface area contributed by atoms with Crippen LogP contribution in [0.5, 0.6) is 5.75 Å². The van der Waals surface area contributed by atoms with Crippen molar-refractivity contribution in [2.45, 2.75) is 64.6 Å². The molecule has 24 heavy (non-hydrogen) atoms. The maximum Gasteiger partial charge on any atom is 0.208 e. The summed E-state index contributed by atoms with van der Waals surface area (Å²) in [6.45, 7) is 13.3. The van der Waals surface area contributed by atoms with Crippen molar-refractivity contribution in [1.29, 1.82) is 0 Å². The Hall–Kier alpha value is -1.80. The van der Waals surface area contributed by atoms with Gasteiger partial charge in [-0.25, -0.2) is 0 Å². The molecule has 0 fully saturated rings. The van der Waals surface area contributed by atoms with E-state index in [0.29, 0.717) is 0 Å². The van der Waals surface area contributed by atoms with E-state index in [4.69, 9.17) is 4.74 Å². The summed E-state index contributed by atoms with van der Waals surface area (Å²) in [6.07, 6.45) is -0.835. The maximum atomic E-state index is 10.6. The lowest BCUT2D eigenvalue weighted by Gasteiger charge is -2.27. The van der Waals surface area contributed by atoms with Crippen molar-refractivity contribution < 1.29 is 9.84 Å². The molecule has 3 rings (SSSR count). The highest BCUT2D eigenvalue weighted by Gasteiger charge is 2.39. The molecular formula is C22H28O2. The van der Waals surface area contributed by atoms with Gasteiger partial charge in [0.1, 0.15) is 5.75 Å².